The van der Waals surface area contributed by atoms with Gasteiger partial charge in [-0.25, -0.2) is 4.79 Å². The summed E-state index contributed by atoms with van der Waals surface area (Å²) in [5.74, 6) is 6.09. The lowest BCUT2D eigenvalue weighted by atomic mass is 10.1. The molecule has 0 heterocycles. The maximum Gasteiger partial charge on any atom is 0.407 e. The lowest BCUT2D eigenvalue weighted by molar-refractivity contribution is 0.0529. The topological polar surface area (TPSA) is 38.3 Å². The van der Waals surface area contributed by atoms with Crippen LogP contribution in [0.5, 0.6) is 0 Å². The van der Waals surface area contributed by atoms with Crippen molar-refractivity contribution in [2.24, 2.45) is 0 Å². The Kier molecular flexibility index (Phi) is 5.44. The Labute approximate surface area is 115 Å². The van der Waals surface area contributed by atoms with E-state index in [0.717, 1.165) is 5.56 Å². The van der Waals surface area contributed by atoms with Crippen molar-refractivity contribution < 1.29 is 9.53 Å². The molecule has 1 amide bonds. The molecule has 1 N–H and O–H groups in total. The molecule has 0 bridgehead atoms. The number of benzene rings is 1. The van der Waals surface area contributed by atoms with Gasteiger partial charge in [0.15, 0.2) is 0 Å². The van der Waals surface area contributed by atoms with E-state index < -0.39 is 11.7 Å². The highest BCUT2D eigenvalue weighted by Crippen LogP contribution is 2.06. The summed E-state index contributed by atoms with van der Waals surface area (Å²) in [7, 11) is 0. The van der Waals surface area contributed by atoms with Gasteiger partial charge in [0.1, 0.15) is 5.60 Å². The van der Waals surface area contributed by atoms with Crippen LogP contribution in [0.15, 0.2) is 24.3 Å². The first kappa shape index (κ1) is 15.1. The van der Waals surface area contributed by atoms with Crippen LogP contribution in [0.2, 0.25) is 0 Å². The molecule has 1 rings (SSSR count). The molecule has 0 aliphatic rings. The zero-order valence-electron chi connectivity index (χ0n) is 12.0. The molecule has 0 spiro atoms. The summed E-state index contributed by atoms with van der Waals surface area (Å²) in [4.78, 5) is 11.4. The molecular weight excluding hydrogens is 238 g/mol. The van der Waals surface area contributed by atoms with Crippen molar-refractivity contribution in [3.05, 3.63) is 35.4 Å². The fourth-order valence-electron chi connectivity index (χ4n) is 1.43. The summed E-state index contributed by atoms with van der Waals surface area (Å²) in [6, 6.07) is 8.03. The van der Waals surface area contributed by atoms with E-state index in [9.17, 15) is 4.79 Å². The van der Waals surface area contributed by atoms with Gasteiger partial charge in [-0.15, -0.1) is 0 Å². The zero-order valence-corrected chi connectivity index (χ0v) is 12.0. The minimum Gasteiger partial charge on any atom is -0.444 e. The second-order valence-corrected chi connectivity index (χ2v) is 5.35. The molecule has 0 atom stereocenters. The van der Waals surface area contributed by atoms with Crippen molar-refractivity contribution >= 4 is 6.09 Å². The zero-order chi connectivity index (χ0) is 14.3. The van der Waals surface area contributed by atoms with Crippen LogP contribution in [0.25, 0.3) is 0 Å². The van der Waals surface area contributed by atoms with E-state index in [2.05, 4.69) is 17.2 Å². The highest BCUT2D eigenvalue weighted by molar-refractivity contribution is 5.67. The Bertz CT molecular complexity index is 489. The van der Waals surface area contributed by atoms with Crippen molar-refractivity contribution in [2.45, 2.75) is 39.7 Å². The van der Waals surface area contributed by atoms with E-state index >= 15 is 0 Å². The summed E-state index contributed by atoms with van der Waals surface area (Å²) >= 11 is 0. The molecule has 0 aliphatic heterocycles. The van der Waals surface area contributed by atoms with E-state index in [1.807, 2.05) is 52.0 Å². The van der Waals surface area contributed by atoms with Crippen molar-refractivity contribution in [2.75, 3.05) is 6.54 Å². The Morgan fingerprint density at radius 1 is 1.37 bits per heavy atom. The number of carbonyl (C=O) groups is 1. The number of carbonyl (C=O) groups excluding carboxylic acids is 1. The van der Waals surface area contributed by atoms with Crippen LogP contribution in [0.1, 0.15) is 38.3 Å². The predicted octanol–water partition coefficient (Wildman–Crippen LogP) is 3.26. The second-order valence-electron chi connectivity index (χ2n) is 5.35. The molecule has 1 aromatic rings. The summed E-state index contributed by atoms with van der Waals surface area (Å²) < 4.78 is 5.12. The SMILES string of the molecule is Cc1cccc(C#CCCNC(=O)OC(C)(C)C)c1. The fraction of sp³-hybridized carbons (Fsp3) is 0.438. The van der Waals surface area contributed by atoms with E-state index in [-0.39, 0.29) is 0 Å². The van der Waals surface area contributed by atoms with Crippen LogP contribution < -0.4 is 5.32 Å². The lowest BCUT2D eigenvalue weighted by Gasteiger charge is -2.19. The number of aryl methyl sites for hydroxylation is 1. The monoisotopic (exact) mass is 259 g/mol. The lowest BCUT2D eigenvalue weighted by Crippen LogP contribution is -2.32. The van der Waals surface area contributed by atoms with Gasteiger partial charge in [-0.05, 0) is 45.4 Å². The largest absolute Gasteiger partial charge is 0.444 e. The number of amides is 1. The van der Waals surface area contributed by atoms with E-state index in [0.29, 0.717) is 13.0 Å². The molecule has 0 saturated carbocycles. The van der Waals surface area contributed by atoms with Gasteiger partial charge in [0.25, 0.3) is 0 Å². The van der Waals surface area contributed by atoms with Crippen molar-refractivity contribution in [3.63, 3.8) is 0 Å². The van der Waals surface area contributed by atoms with E-state index in [4.69, 9.17) is 4.74 Å². The molecule has 1 aromatic carbocycles. The molecule has 0 aliphatic carbocycles. The molecule has 3 heteroatoms. The Balaban J connectivity index is 2.30. The van der Waals surface area contributed by atoms with Crippen LogP contribution in [0.4, 0.5) is 4.79 Å². The number of hydrogen-bond acceptors (Lipinski definition) is 2. The van der Waals surface area contributed by atoms with Crippen LogP contribution in [-0.4, -0.2) is 18.2 Å². The van der Waals surface area contributed by atoms with Crippen LogP contribution in [0.3, 0.4) is 0 Å². The minimum atomic E-state index is -0.461. The van der Waals surface area contributed by atoms with Gasteiger partial charge in [-0.3, -0.25) is 0 Å². The smallest absolute Gasteiger partial charge is 0.407 e. The summed E-state index contributed by atoms with van der Waals surface area (Å²) in [6.07, 6.45) is 0.206. The number of nitrogens with one attached hydrogen (secondary N) is 1. The average molecular weight is 259 g/mol. The first-order chi connectivity index (χ1) is 8.87. The quantitative estimate of drug-likeness (QED) is 0.654. The van der Waals surface area contributed by atoms with Crippen molar-refractivity contribution in [1.82, 2.24) is 5.32 Å². The fourth-order valence-corrected chi connectivity index (χ4v) is 1.43. The van der Waals surface area contributed by atoms with Gasteiger partial charge in [-0.1, -0.05) is 24.0 Å². The number of alkyl carbamates (subject to hydrolysis) is 1. The van der Waals surface area contributed by atoms with Crippen molar-refractivity contribution in [1.29, 1.82) is 0 Å². The van der Waals surface area contributed by atoms with Crippen LogP contribution >= 0.6 is 0 Å². The molecule has 0 aromatic heterocycles. The molecule has 19 heavy (non-hydrogen) atoms. The van der Waals surface area contributed by atoms with Gasteiger partial charge in [0.05, 0.1) is 0 Å². The summed E-state index contributed by atoms with van der Waals surface area (Å²) in [5.41, 5.74) is 1.73. The van der Waals surface area contributed by atoms with Gasteiger partial charge in [0.2, 0.25) is 0 Å². The van der Waals surface area contributed by atoms with Gasteiger partial charge >= 0.3 is 6.09 Å². The third-order valence-electron chi connectivity index (χ3n) is 2.17. The molecule has 0 fully saturated rings. The molecule has 0 radical (unpaired) electrons. The maximum atomic E-state index is 11.4. The average Bonchev–Trinajstić information content (AvgIpc) is 2.26. The van der Waals surface area contributed by atoms with Crippen molar-refractivity contribution in [3.8, 4) is 11.8 Å². The highest BCUT2D eigenvalue weighted by Gasteiger charge is 2.15. The molecule has 0 unspecified atom stereocenters. The Hall–Kier alpha value is -1.95. The third-order valence-corrected chi connectivity index (χ3v) is 2.17. The van der Waals surface area contributed by atoms with E-state index in [1.54, 1.807) is 0 Å². The van der Waals surface area contributed by atoms with Gasteiger partial charge in [0, 0.05) is 18.5 Å². The molecule has 102 valence electrons. The summed E-state index contributed by atoms with van der Waals surface area (Å²) in [5, 5.41) is 2.67. The second kappa shape index (κ2) is 6.84. The van der Waals surface area contributed by atoms with Gasteiger partial charge < -0.3 is 10.1 Å². The minimum absolute atomic E-state index is 0.398. The standard InChI is InChI=1S/C16H21NO2/c1-13-8-7-10-14(12-13)9-5-6-11-17-15(18)19-16(2,3)4/h7-8,10,12H,6,11H2,1-4H3,(H,17,18). The Morgan fingerprint density at radius 3 is 2.74 bits per heavy atom. The predicted molar refractivity (Wildman–Crippen MR) is 76.9 cm³/mol. The number of hydrogen-bond donors (Lipinski definition) is 1. The van der Waals surface area contributed by atoms with Gasteiger partial charge in [-0.2, -0.15) is 0 Å². The molecular formula is C16H21NO2. The number of rotatable bonds is 2. The Morgan fingerprint density at radius 2 is 2.11 bits per heavy atom. The van der Waals surface area contributed by atoms with Crippen LogP contribution in [0, 0.1) is 18.8 Å². The molecule has 3 nitrogen and oxygen atoms in total. The number of ether oxygens (including phenoxy) is 1. The highest BCUT2D eigenvalue weighted by atomic mass is 16.6. The first-order valence-electron chi connectivity index (χ1n) is 6.39. The normalized spacial score (nSPS) is 10.3. The summed E-state index contributed by atoms with van der Waals surface area (Å²) in [6.45, 7) is 8.04. The first-order valence-corrected chi connectivity index (χ1v) is 6.39. The van der Waals surface area contributed by atoms with Crippen LogP contribution in [-0.2, 0) is 4.74 Å². The third kappa shape index (κ3) is 7.15. The van der Waals surface area contributed by atoms with E-state index in [1.165, 1.54) is 5.56 Å². The maximum absolute atomic E-state index is 11.4. The molecule has 0 saturated heterocycles.